The van der Waals surface area contributed by atoms with Crippen LogP contribution in [0.3, 0.4) is 0 Å². The zero-order chi connectivity index (χ0) is 18.8. The molecule has 2 fully saturated rings. The number of fused-ring (bicyclic) bond motifs is 1. The van der Waals surface area contributed by atoms with Crippen molar-refractivity contribution in [1.82, 2.24) is 14.5 Å². The van der Waals surface area contributed by atoms with E-state index in [4.69, 9.17) is 4.74 Å². The summed E-state index contributed by atoms with van der Waals surface area (Å²) in [5.74, 6) is 1.10. The summed E-state index contributed by atoms with van der Waals surface area (Å²) in [6, 6.07) is 8.07. The summed E-state index contributed by atoms with van der Waals surface area (Å²) in [6.07, 6.45) is 4.47. The Morgan fingerprint density at radius 2 is 2.00 bits per heavy atom. The maximum atomic E-state index is 12.4. The van der Waals surface area contributed by atoms with Crippen molar-refractivity contribution in [3.8, 4) is 0 Å². The number of ether oxygens (including phenoxy) is 1. The van der Waals surface area contributed by atoms with Gasteiger partial charge in [0.1, 0.15) is 5.82 Å². The molecular weight excluding hydrogens is 342 g/mol. The van der Waals surface area contributed by atoms with E-state index >= 15 is 0 Å². The maximum Gasteiger partial charge on any atom is 0.310 e. The minimum absolute atomic E-state index is 0.157. The lowest BCUT2D eigenvalue weighted by Crippen LogP contribution is -2.43. The lowest BCUT2D eigenvalue weighted by Gasteiger charge is -2.31. The summed E-state index contributed by atoms with van der Waals surface area (Å²) in [7, 11) is 0. The number of piperidine rings is 1. The van der Waals surface area contributed by atoms with E-state index in [-0.39, 0.29) is 23.7 Å². The number of esters is 1. The highest BCUT2D eigenvalue weighted by Crippen LogP contribution is 2.32. The van der Waals surface area contributed by atoms with Gasteiger partial charge in [-0.15, -0.1) is 0 Å². The summed E-state index contributed by atoms with van der Waals surface area (Å²) in [4.78, 5) is 31.1. The van der Waals surface area contributed by atoms with Gasteiger partial charge in [0, 0.05) is 25.6 Å². The first kappa shape index (κ1) is 18.0. The summed E-state index contributed by atoms with van der Waals surface area (Å²) in [5.41, 5.74) is 2.11. The summed E-state index contributed by atoms with van der Waals surface area (Å²) < 4.78 is 7.69. The van der Waals surface area contributed by atoms with Gasteiger partial charge in [0.15, 0.2) is 0 Å². The Morgan fingerprint density at radius 1 is 1.19 bits per heavy atom. The molecule has 0 N–H and O–H groups in total. The Morgan fingerprint density at radius 3 is 2.81 bits per heavy atom. The van der Waals surface area contributed by atoms with E-state index in [1.54, 1.807) is 0 Å². The number of carbonyl (C=O) groups excluding carboxylic acids is 2. The molecule has 1 saturated carbocycles. The van der Waals surface area contributed by atoms with Crippen LogP contribution in [0.2, 0.25) is 0 Å². The average Bonchev–Trinajstić information content (AvgIpc) is 3.48. The van der Waals surface area contributed by atoms with Crippen LogP contribution in [0.5, 0.6) is 0 Å². The molecule has 144 valence electrons. The first-order valence-corrected chi connectivity index (χ1v) is 10.0. The number of hydrogen-bond donors (Lipinski definition) is 0. The summed E-state index contributed by atoms with van der Waals surface area (Å²) in [6.45, 7) is 4.49. The SMILES string of the molecule is Cc1nc2ccccc2n1CCCOC(=O)C1CCCN(C(=O)C2CC2)C1. The number of aryl methyl sites for hydroxylation is 2. The van der Waals surface area contributed by atoms with Crippen LogP contribution in [-0.2, 0) is 20.9 Å². The number of rotatable bonds is 6. The van der Waals surface area contributed by atoms with E-state index < -0.39 is 0 Å². The number of benzene rings is 1. The molecule has 27 heavy (non-hydrogen) atoms. The first-order chi connectivity index (χ1) is 13.1. The van der Waals surface area contributed by atoms with Crippen molar-refractivity contribution in [3.05, 3.63) is 30.1 Å². The van der Waals surface area contributed by atoms with Crippen molar-refractivity contribution in [2.45, 2.75) is 45.6 Å². The van der Waals surface area contributed by atoms with Crippen LogP contribution >= 0.6 is 0 Å². The third-order valence-corrected chi connectivity index (χ3v) is 5.61. The van der Waals surface area contributed by atoms with Crippen LogP contribution in [0.25, 0.3) is 11.0 Å². The highest BCUT2D eigenvalue weighted by molar-refractivity contribution is 5.82. The number of amides is 1. The van der Waals surface area contributed by atoms with Crippen LogP contribution in [-0.4, -0.2) is 46.0 Å². The summed E-state index contributed by atoms with van der Waals surface area (Å²) in [5, 5.41) is 0. The van der Waals surface area contributed by atoms with Crippen molar-refractivity contribution >= 4 is 22.9 Å². The van der Waals surface area contributed by atoms with E-state index in [9.17, 15) is 9.59 Å². The molecule has 0 spiro atoms. The molecule has 0 bridgehead atoms. The van der Waals surface area contributed by atoms with Gasteiger partial charge in [-0.1, -0.05) is 12.1 Å². The predicted octanol–water partition coefficient (Wildman–Crippen LogP) is 2.93. The number of nitrogens with zero attached hydrogens (tertiary/aromatic N) is 3. The van der Waals surface area contributed by atoms with Gasteiger partial charge >= 0.3 is 5.97 Å². The minimum Gasteiger partial charge on any atom is -0.465 e. The zero-order valence-corrected chi connectivity index (χ0v) is 15.9. The lowest BCUT2D eigenvalue weighted by molar-refractivity contribution is -0.152. The van der Waals surface area contributed by atoms with Crippen LogP contribution in [0.1, 0.15) is 37.9 Å². The molecule has 2 heterocycles. The van der Waals surface area contributed by atoms with Crippen molar-refractivity contribution in [2.24, 2.45) is 11.8 Å². The standard InChI is InChI=1S/C21H27N3O3/c1-15-22-18-7-2-3-8-19(18)24(15)12-5-13-27-21(26)17-6-4-11-23(14-17)20(25)16-9-10-16/h2-3,7-8,16-17H,4-6,9-14H2,1H3. The fraction of sp³-hybridized carbons (Fsp3) is 0.571. The van der Waals surface area contributed by atoms with Gasteiger partial charge in [-0.05, 0) is 51.2 Å². The highest BCUT2D eigenvalue weighted by atomic mass is 16.5. The van der Waals surface area contributed by atoms with Gasteiger partial charge in [0.05, 0.1) is 23.6 Å². The number of carbonyl (C=O) groups is 2. The molecule has 1 saturated heterocycles. The molecule has 1 aliphatic heterocycles. The molecule has 1 amide bonds. The second-order valence-corrected chi connectivity index (χ2v) is 7.72. The van der Waals surface area contributed by atoms with Crippen molar-refractivity contribution in [2.75, 3.05) is 19.7 Å². The number of imidazole rings is 1. The van der Waals surface area contributed by atoms with E-state index in [0.717, 1.165) is 62.1 Å². The maximum absolute atomic E-state index is 12.4. The minimum atomic E-state index is -0.169. The molecular formula is C21H27N3O3. The molecule has 1 unspecified atom stereocenters. The van der Waals surface area contributed by atoms with Crippen molar-refractivity contribution in [3.63, 3.8) is 0 Å². The number of hydrogen-bond acceptors (Lipinski definition) is 4. The fourth-order valence-corrected chi connectivity index (χ4v) is 3.95. The molecule has 2 aliphatic rings. The van der Waals surface area contributed by atoms with E-state index in [2.05, 4.69) is 15.6 Å². The van der Waals surface area contributed by atoms with Crippen molar-refractivity contribution < 1.29 is 14.3 Å². The predicted molar refractivity (Wildman–Crippen MR) is 102 cm³/mol. The largest absolute Gasteiger partial charge is 0.465 e. The monoisotopic (exact) mass is 369 g/mol. The molecule has 1 aromatic carbocycles. The topological polar surface area (TPSA) is 64.4 Å². The van der Waals surface area contributed by atoms with Gasteiger partial charge in [-0.25, -0.2) is 4.98 Å². The molecule has 0 radical (unpaired) electrons. The van der Waals surface area contributed by atoms with Gasteiger partial charge in [-0.2, -0.15) is 0 Å². The molecule has 4 rings (SSSR count). The molecule has 2 aromatic rings. The Bertz CT molecular complexity index is 840. The summed E-state index contributed by atoms with van der Waals surface area (Å²) >= 11 is 0. The van der Waals surface area contributed by atoms with Gasteiger partial charge in [0.2, 0.25) is 5.91 Å². The highest BCUT2D eigenvalue weighted by Gasteiger charge is 2.37. The van der Waals surface area contributed by atoms with Crippen LogP contribution < -0.4 is 0 Å². The van der Waals surface area contributed by atoms with Crippen LogP contribution in [0, 0.1) is 18.8 Å². The second kappa shape index (κ2) is 7.71. The fourth-order valence-electron chi connectivity index (χ4n) is 3.95. The van der Waals surface area contributed by atoms with E-state index in [1.807, 2.05) is 30.0 Å². The quantitative estimate of drug-likeness (QED) is 0.580. The smallest absolute Gasteiger partial charge is 0.310 e. The Kier molecular flexibility index (Phi) is 5.14. The number of aromatic nitrogens is 2. The Hall–Kier alpha value is -2.37. The van der Waals surface area contributed by atoms with Crippen molar-refractivity contribution in [1.29, 1.82) is 0 Å². The molecule has 1 atom stereocenters. The van der Waals surface area contributed by atoms with Crippen LogP contribution in [0.15, 0.2) is 24.3 Å². The second-order valence-electron chi connectivity index (χ2n) is 7.72. The van der Waals surface area contributed by atoms with Gasteiger partial charge in [0.25, 0.3) is 0 Å². The molecule has 6 nitrogen and oxygen atoms in total. The van der Waals surface area contributed by atoms with Gasteiger partial charge < -0.3 is 14.2 Å². The normalized spacial score (nSPS) is 20.0. The average molecular weight is 369 g/mol. The van der Waals surface area contributed by atoms with E-state index in [0.29, 0.717) is 13.2 Å². The molecule has 1 aliphatic carbocycles. The third kappa shape index (κ3) is 3.99. The third-order valence-electron chi connectivity index (χ3n) is 5.61. The lowest BCUT2D eigenvalue weighted by atomic mass is 9.98. The molecule has 1 aromatic heterocycles. The van der Waals surface area contributed by atoms with Crippen LogP contribution in [0.4, 0.5) is 0 Å². The first-order valence-electron chi connectivity index (χ1n) is 10.0. The Labute approximate surface area is 159 Å². The number of likely N-dealkylation sites (tertiary alicyclic amines) is 1. The molecule has 6 heteroatoms. The van der Waals surface area contributed by atoms with E-state index in [1.165, 1.54) is 0 Å². The van der Waals surface area contributed by atoms with Gasteiger partial charge in [-0.3, -0.25) is 9.59 Å². The number of para-hydroxylation sites is 2. The Balaban J connectivity index is 1.25. The zero-order valence-electron chi connectivity index (χ0n) is 15.9.